The summed E-state index contributed by atoms with van der Waals surface area (Å²) in [6.45, 7) is 0. The van der Waals surface area contributed by atoms with Gasteiger partial charge in [-0.15, -0.1) is 17.0 Å². The van der Waals surface area contributed by atoms with E-state index in [0.717, 1.165) is 16.8 Å². The molecule has 0 unspecified atom stereocenters. The molecule has 0 bridgehead atoms. The van der Waals surface area contributed by atoms with E-state index >= 15 is 0 Å². The molecule has 0 fully saturated rings. The second-order valence-electron chi connectivity index (χ2n) is 3.17. The Morgan fingerprint density at radius 3 is 2.13 bits per heavy atom. The maximum atomic E-state index is 9.30. The molecule has 0 aliphatic heterocycles. The van der Waals surface area contributed by atoms with Crippen LogP contribution in [-0.4, -0.2) is 5.11 Å². The van der Waals surface area contributed by atoms with Crippen LogP contribution in [0.1, 0.15) is 0 Å². The average molecular weight is 266 g/mol. The molecule has 2 nitrogen and oxygen atoms in total. The van der Waals surface area contributed by atoms with Gasteiger partial charge in [0.15, 0.2) is 0 Å². The first-order valence-electron chi connectivity index (χ1n) is 4.41. The van der Waals surface area contributed by atoms with E-state index in [-0.39, 0.29) is 22.7 Å². The number of nitrogens with two attached hydrogens (primary N) is 1. The molecule has 0 aliphatic carbocycles. The van der Waals surface area contributed by atoms with Crippen LogP contribution in [0.4, 0.5) is 5.69 Å². The molecule has 0 saturated carbocycles. The highest BCUT2D eigenvalue weighted by Crippen LogP contribution is 2.23. The maximum absolute atomic E-state index is 9.30. The Labute approximate surface area is 99.1 Å². The van der Waals surface area contributed by atoms with Crippen molar-refractivity contribution in [3.8, 4) is 16.9 Å². The van der Waals surface area contributed by atoms with Crippen molar-refractivity contribution in [1.29, 1.82) is 0 Å². The Morgan fingerprint density at radius 2 is 1.53 bits per heavy atom. The number of halogens is 1. The van der Waals surface area contributed by atoms with E-state index in [1.165, 1.54) is 0 Å². The van der Waals surface area contributed by atoms with Gasteiger partial charge in [0.25, 0.3) is 0 Å². The fourth-order valence-corrected chi connectivity index (χ4v) is 1.36. The summed E-state index contributed by atoms with van der Waals surface area (Å²) in [6.07, 6.45) is 0. The average Bonchev–Trinajstić information content (AvgIpc) is 2.19. The van der Waals surface area contributed by atoms with Crippen LogP contribution in [0, 0.1) is 0 Å². The van der Waals surface area contributed by atoms with Gasteiger partial charge in [-0.3, -0.25) is 0 Å². The van der Waals surface area contributed by atoms with E-state index in [1.54, 1.807) is 12.1 Å². The van der Waals surface area contributed by atoms with Gasteiger partial charge in [0.2, 0.25) is 0 Å². The minimum Gasteiger partial charge on any atom is -0.508 e. The lowest BCUT2D eigenvalue weighted by Gasteiger charge is -2.02. The summed E-state index contributed by atoms with van der Waals surface area (Å²) in [5, 5.41) is 9.30. The second-order valence-corrected chi connectivity index (χ2v) is 3.17. The first kappa shape index (κ1) is 11.6. The lowest BCUT2D eigenvalue weighted by Crippen LogP contribution is -1.83. The van der Waals surface area contributed by atoms with Gasteiger partial charge in [-0.1, -0.05) is 24.3 Å². The van der Waals surface area contributed by atoms with Crippen molar-refractivity contribution in [2.24, 2.45) is 0 Å². The number of rotatable bonds is 1. The molecule has 3 N–H and O–H groups in total. The topological polar surface area (TPSA) is 46.2 Å². The molecule has 0 aromatic heterocycles. The SMILES string of the molecule is Br.Nc1ccc(-c2cccc(O)c2)cc1. The summed E-state index contributed by atoms with van der Waals surface area (Å²) in [5.41, 5.74) is 8.37. The van der Waals surface area contributed by atoms with E-state index in [4.69, 9.17) is 5.73 Å². The summed E-state index contributed by atoms with van der Waals surface area (Å²) in [5.74, 6) is 0.277. The van der Waals surface area contributed by atoms with E-state index in [0.29, 0.717) is 0 Å². The molecule has 0 radical (unpaired) electrons. The summed E-state index contributed by atoms with van der Waals surface area (Å²) < 4.78 is 0. The van der Waals surface area contributed by atoms with Gasteiger partial charge in [0.1, 0.15) is 5.75 Å². The number of anilines is 1. The zero-order chi connectivity index (χ0) is 9.97. The minimum absolute atomic E-state index is 0. The predicted octanol–water partition coefficient (Wildman–Crippen LogP) is 3.22. The minimum atomic E-state index is 0. The number of hydrogen-bond donors (Lipinski definition) is 2. The molecule has 0 aliphatic rings. The zero-order valence-electron chi connectivity index (χ0n) is 8.05. The Kier molecular flexibility index (Phi) is 3.74. The Balaban J connectivity index is 0.00000112. The lowest BCUT2D eigenvalue weighted by atomic mass is 10.1. The summed E-state index contributed by atoms with van der Waals surface area (Å²) in [4.78, 5) is 0. The van der Waals surface area contributed by atoms with Crippen LogP contribution in [0.5, 0.6) is 5.75 Å². The van der Waals surface area contributed by atoms with Crippen molar-refractivity contribution < 1.29 is 5.11 Å². The third-order valence-corrected chi connectivity index (χ3v) is 2.09. The fourth-order valence-electron chi connectivity index (χ4n) is 1.36. The molecule has 78 valence electrons. The van der Waals surface area contributed by atoms with Crippen LogP contribution in [0.25, 0.3) is 11.1 Å². The van der Waals surface area contributed by atoms with Crippen molar-refractivity contribution in [2.45, 2.75) is 0 Å². The highest BCUT2D eigenvalue weighted by atomic mass is 79.9. The van der Waals surface area contributed by atoms with E-state index in [1.807, 2.05) is 36.4 Å². The van der Waals surface area contributed by atoms with Crippen LogP contribution >= 0.6 is 17.0 Å². The quantitative estimate of drug-likeness (QED) is 0.778. The smallest absolute Gasteiger partial charge is 0.116 e. The molecule has 0 atom stereocenters. The van der Waals surface area contributed by atoms with Crippen molar-refractivity contribution in [3.63, 3.8) is 0 Å². The third kappa shape index (κ3) is 2.73. The Hall–Kier alpha value is -1.48. The van der Waals surface area contributed by atoms with Gasteiger partial charge in [0, 0.05) is 5.69 Å². The van der Waals surface area contributed by atoms with E-state index < -0.39 is 0 Å². The number of nitrogen functional groups attached to an aromatic ring is 1. The molecule has 0 amide bonds. The first-order chi connectivity index (χ1) is 6.75. The molecule has 0 spiro atoms. The third-order valence-electron chi connectivity index (χ3n) is 2.09. The van der Waals surface area contributed by atoms with Gasteiger partial charge in [-0.25, -0.2) is 0 Å². The summed E-state index contributed by atoms with van der Waals surface area (Å²) >= 11 is 0. The van der Waals surface area contributed by atoms with Crippen molar-refractivity contribution in [1.82, 2.24) is 0 Å². The van der Waals surface area contributed by atoms with Crippen molar-refractivity contribution >= 4 is 22.7 Å². The Morgan fingerprint density at radius 1 is 0.867 bits per heavy atom. The normalized spacial score (nSPS) is 9.33. The van der Waals surface area contributed by atoms with Crippen LogP contribution in [0.3, 0.4) is 0 Å². The maximum Gasteiger partial charge on any atom is 0.116 e. The van der Waals surface area contributed by atoms with Gasteiger partial charge in [-0.2, -0.15) is 0 Å². The molecule has 15 heavy (non-hydrogen) atoms. The highest BCUT2D eigenvalue weighted by Gasteiger charge is 1.97. The molecule has 3 heteroatoms. The van der Waals surface area contributed by atoms with Gasteiger partial charge in [0.05, 0.1) is 0 Å². The Bertz CT molecular complexity index is 440. The van der Waals surface area contributed by atoms with Crippen LogP contribution in [0.15, 0.2) is 48.5 Å². The van der Waals surface area contributed by atoms with Gasteiger partial charge < -0.3 is 10.8 Å². The predicted molar refractivity (Wildman–Crippen MR) is 68.3 cm³/mol. The number of hydrogen-bond acceptors (Lipinski definition) is 2. The molecule has 2 aromatic carbocycles. The van der Waals surface area contributed by atoms with Crippen molar-refractivity contribution in [2.75, 3.05) is 5.73 Å². The van der Waals surface area contributed by atoms with E-state index in [9.17, 15) is 5.11 Å². The standard InChI is InChI=1S/C12H11NO.BrH/c13-11-6-4-9(5-7-11)10-2-1-3-12(14)8-10;/h1-8,14H,13H2;1H. The van der Waals surface area contributed by atoms with Crippen LogP contribution in [0.2, 0.25) is 0 Å². The van der Waals surface area contributed by atoms with Gasteiger partial charge in [-0.05, 0) is 35.4 Å². The largest absolute Gasteiger partial charge is 0.508 e. The van der Waals surface area contributed by atoms with Crippen LogP contribution < -0.4 is 5.73 Å². The second kappa shape index (κ2) is 4.84. The zero-order valence-corrected chi connectivity index (χ0v) is 9.76. The molecule has 2 rings (SSSR count). The fraction of sp³-hybridized carbons (Fsp3) is 0. The van der Waals surface area contributed by atoms with Crippen LogP contribution in [-0.2, 0) is 0 Å². The number of phenols is 1. The lowest BCUT2D eigenvalue weighted by molar-refractivity contribution is 0.475. The highest BCUT2D eigenvalue weighted by molar-refractivity contribution is 8.93. The number of benzene rings is 2. The molecule has 0 saturated heterocycles. The number of phenolic OH excluding ortho intramolecular Hbond substituents is 1. The van der Waals surface area contributed by atoms with Gasteiger partial charge >= 0.3 is 0 Å². The first-order valence-corrected chi connectivity index (χ1v) is 4.41. The molecule has 0 heterocycles. The summed E-state index contributed by atoms with van der Waals surface area (Å²) in [6, 6.07) is 14.7. The van der Waals surface area contributed by atoms with Crippen molar-refractivity contribution in [3.05, 3.63) is 48.5 Å². The molecular formula is C12H12BrNO. The monoisotopic (exact) mass is 265 g/mol. The molecule has 2 aromatic rings. The summed E-state index contributed by atoms with van der Waals surface area (Å²) in [7, 11) is 0. The number of aromatic hydroxyl groups is 1. The molecular weight excluding hydrogens is 254 g/mol. The van der Waals surface area contributed by atoms with E-state index in [2.05, 4.69) is 0 Å².